The van der Waals surface area contributed by atoms with Crippen molar-refractivity contribution in [3.63, 3.8) is 0 Å². The second kappa shape index (κ2) is 7.85. The van der Waals surface area contributed by atoms with Crippen LogP contribution in [0.5, 0.6) is 0 Å². The summed E-state index contributed by atoms with van der Waals surface area (Å²) in [6.45, 7) is 7.33. The van der Waals surface area contributed by atoms with Crippen molar-refractivity contribution in [2.75, 3.05) is 31.6 Å². The summed E-state index contributed by atoms with van der Waals surface area (Å²) < 4.78 is 14.3. The predicted octanol–water partition coefficient (Wildman–Crippen LogP) is 4.24. The zero-order valence-corrected chi connectivity index (χ0v) is 18.9. The zero-order chi connectivity index (χ0) is 22.5. The maximum Gasteiger partial charge on any atom is 0.252 e. The molecular weight excluding hydrogens is 403 g/mol. The van der Waals surface area contributed by atoms with Crippen molar-refractivity contribution < 1.29 is 9.18 Å². The number of aromatic nitrogens is 1. The van der Waals surface area contributed by atoms with Gasteiger partial charge in [-0.05, 0) is 61.7 Å². The van der Waals surface area contributed by atoms with Crippen LogP contribution in [0.3, 0.4) is 0 Å². The van der Waals surface area contributed by atoms with Crippen LogP contribution in [0.15, 0.2) is 48.7 Å². The third-order valence-electron chi connectivity index (χ3n) is 7.15. The number of rotatable bonds is 6. The van der Waals surface area contributed by atoms with Gasteiger partial charge < -0.3 is 10.2 Å². The van der Waals surface area contributed by atoms with Crippen molar-refractivity contribution >= 4 is 22.5 Å². The minimum Gasteiger partial charge on any atom is -0.369 e. The second-order valence-corrected chi connectivity index (χ2v) is 9.15. The molecule has 3 aromatic rings. The Labute approximate surface area is 188 Å². The normalized spacial score (nSPS) is 17.8. The van der Waals surface area contributed by atoms with Crippen molar-refractivity contribution in [2.45, 2.75) is 38.3 Å². The molecule has 2 aliphatic rings. The first-order valence-corrected chi connectivity index (χ1v) is 11.3. The molecule has 0 unspecified atom stereocenters. The average Bonchev–Trinajstić information content (AvgIpc) is 3.53. The summed E-state index contributed by atoms with van der Waals surface area (Å²) in [5.74, 6) is -0.420. The Morgan fingerprint density at radius 3 is 2.75 bits per heavy atom. The van der Waals surface area contributed by atoms with Crippen LogP contribution in [0.25, 0.3) is 10.9 Å². The molecule has 0 spiro atoms. The van der Waals surface area contributed by atoms with Crippen molar-refractivity contribution in [3.05, 3.63) is 71.2 Å². The number of carbonyl (C=O) groups is 1. The van der Waals surface area contributed by atoms with Gasteiger partial charge in [0.05, 0.1) is 11.6 Å². The molecule has 0 atom stereocenters. The Bertz CT molecular complexity index is 1180. The van der Waals surface area contributed by atoms with Crippen LogP contribution in [0.4, 0.5) is 10.1 Å². The third kappa shape index (κ3) is 3.52. The smallest absolute Gasteiger partial charge is 0.252 e. The summed E-state index contributed by atoms with van der Waals surface area (Å²) in [7, 11) is 2.10. The van der Waals surface area contributed by atoms with E-state index in [-0.39, 0.29) is 11.7 Å². The third-order valence-corrected chi connectivity index (χ3v) is 7.15. The highest BCUT2D eigenvalue weighted by Crippen LogP contribution is 2.48. The molecule has 5 rings (SSSR count). The summed E-state index contributed by atoms with van der Waals surface area (Å²) in [6.07, 6.45) is 3.30. The number of likely N-dealkylation sites (tertiary alicyclic amines) is 1. The SMILES string of the molecule is CCN1CC(N(C)c2ccc(C)c(C(=O)NC3(c4ccnc5c(F)cccc45)CC3)c2)C1. The summed E-state index contributed by atoms with van der Waals surface area (Å²) in [6, 6.07) is 13.5. The van der Waals surface area contributed by atoms with E-state index in [0.29, 0.717) is 17.1 Å². The topological polar surface area (TPSA) is 48.5 Å². The van der Waals surface area contributed by atoms with Gasteiger partial charge in [-0.3, -0.25) is 14.7 Å². The Hall–Kier alpha value is -2.99. The van der Waals surface area contributed by atoms with Crippen LogP contribution in [0, 0.1) is 12.7 Å². The van der Waals surface area contributed by atoms with Gasteiger partial charge in [0.15, 0.2) is 0 Å². The fourth-order valence-electron chi connectivity index (χ4n) is 4.76. The maximum absolute atomic E-state index is 14.3. The molecule has 2 heterocycles. The number of fused-ring (bicyclic) bond motifs is 1. The predicted molar refractivity (Wildman–Crippen MR) is 126 cm³/mol. The van der Waals surface area contributed by atoms with Gasteiger partial charge in [0.1, 0.15) is 11.3 Å². The van der Waals surface area contributed by atoms with E-state index < -0.39 is 5.54 Å². The van der Waals surface area contributed by atoms with E-state index >= 15 is 0 Å². The largest absolute Gasteiger partial charge is 0.369 e. The fraction of sp³-hybridized carbons (Fsp3) is 0.385. The monoisotopic (exact) mass is 432 g/mol. The Balaban J connectivity index is 1.40. The van der Waals surface area contributed by atoms with Gasteiger partial charge in [-0.15, -0.1) is 0 Å². The van der Waals surface area contributed by atoms with Crippen molar-refractivity contribution in [1.29, 1.82) is 0 Å². The number of anilines is 1. The lowest BCUT2D eigenvalue weighted by Crippen LogP contribution is -2.58. The van der Waals surface area contributed by atoms with E-state index in [0.717, 1.165) is 54.7 Å². The van der Waals surface area contributed by atoms with E-state index in [1.54, 1.807) is 12.3 Å². The minimum absolute atomic E-state index is 0.0830. The molecule has 1 aromatic heterocycles. The summed E-state index contributed by atoms with van der Waals surface area (Å²) in [5.41, 5.74) is 3.53. The van der Waals surface area contributed by atoms with Gasteiger partial charge in [0.25, 0.3) is 5.91 Å². The van der Waals surface area contributed by atoms with Gasteiger partial charge in [-0.1, -0.05) is 25.1 Å². The Kier molecular flexibility index (Phi) is 5.13. The molecule has 0 radical (unpaired) electrons. The number of halogens is 1. The standard InChI is InChI=1S/C26H29FN4O/c1-4-31-15-19(16-31)30(3)18-9-8-17(2)21(14-18)25(32)29-26(11-12-26)22-10-13-28-24-20(22)6-5-7-23(24)27/h5-10,13-14,19H,4,11-12,15-16H2,1-3H3,(H,29,32). The van der Waals surface area contributed by atoms with Crippen molar-refractivity contribution in [2.24, 2.45) is 0 Å². The van der Waals surface area contributed by atoms with Crippen molar-refractivity contribution in [1.82, 2.24) is 15.2 Å². The first-order valence-electron chi connectivity index (χ1n) is 11.3. The number of pyridine rings is 1. The lowest BCUT2D eigenvalue weighted by molar-refractivity contribution is 0.0930. The lowest BCUT2D eigenvalue weighted by Gasteiger charge is -2.44. The van der Waals surface area contributed by atoms with Crippen LogP contribution >= 0.6 is 0 Å². The molecule has 5 nitrogen and oxygen atoms in total. The van der Waals surface area contributed by atoms with E-state index in [4.69, 9.17) is 0 Å². The molecule has 1 saturated carbocycles. The van der Waals surface area contributed by atoms with Gasteiger partial charge in [-0.25, -0.2) is 4.39 Å². The molecular formula is C26H29FN4O. The summed E-state index contributed by atoms with van der Waals surface area (Å²) in [5, 5.41) is 4.04. The number of hydrogen-bond acceptors (Lipinski definition) is 4. The number of amides is 1. The molecule has 166 valence electrons. The minimum atomic E-state index is -0.462. The highest BCUT2D eigenvalue weighted by Gasteiger charge is 2.47. The van der Waals surface area contributed by atoms with Gasteiger partial charge in [0.2, 0.25) is 0 Å². The van der Waals surface area contributed by atoms with Crippen LogP contribution in [-0.4, -0.2) is 48.5 Å². The number of nitrogens with zero attached hydrogens (tertiary/aromatic N) is 3. The van der Waals surface area contributed by atoms with Gasteiger partial charge in [0, 0.05) is 43.0 Å². The lowest BCUT2D eigenvalue weighted by atomic mass is 9.98. The molecule has 1 aliphatic carbocycles. The first-order chi connectivity index (χ1) is 15.4. The number of aryl methyl sites for hydroxylation is 1. The number of benzene rings is 2. The van der Waals surface area contributed by atoms with Crippen LogP contribution in [-0.2, 0) is 5.54 Å². The molecule has 2 fully saturated rings. The number of hydrogen-bond donors (Lipinski definition) is 1. The molecule has 2 aromatic carbocycles. The van der Waals surface area contributed by atoms with E-state index in [9.17, 15) is 9.18 Å². The first kappa shape index (κ1) is 20.9. The van der Waals surface area contributed by atoms with Gasteiger partial charge in [-0.2, -0.15) is 0 Å². The second-order valence-electron chi connectivity index (χ2n) is 9.15. The van der Waals surface area contributed by atoms with Crippen LogP contribution in [0.2, 0.25) is 0 Å². The average molecular weight is 433 g/mol. The number of nitrogens with one attached hydrogen (secondary N) is 1. The summed E-state index contributed by atoms with van der Waals surface area (Å²) >= 11 is 0. The molecule has 0 bridgehead atoms. The molecule has 1 N–H and O–H groups in total. The van der Waals surface area contributed by atoms with Gasteiger partial charge >= 0.3 is 0 Å². The molecule has 32 heavy (non-hydrogen) atoms. The Morgan fingerprint density at radius 1 is 1.25 bits per heavy atom. The number of likely N-dealkylation sites (N-methyl/N-ethyl adjacent to an activating group) is 2. The molecule has 1 aliphatic heterocycles. The summed E-state index contributed by atoms with van der Waals surface area (Å²) in [4.78, 5) is 22.3. The van der Waals surface area contributed by atoms with Crippen LogP contribution < -0.4 is 10.2 Å². The van der Waals surface area contributed by atoms with E-state index in [1.807, 2.05) is 31.2 Å². The fourth-order valence-corrected chi connectivity index (χ4v) is 4.76. The van der Waals surface area contributed by atoms with E-state index in [1.165, 1.54) is 6.07 Å². The number of carbonyl (C=O) groups excluding carboxylic acids is 1. The highest BCUT2D eigenvalue weighted by atomic mass is 19.1. The van der Waals surface area contributed by atoms with Crippen molar-refractivity contribution in [3.8, 4) is 0 Å². The number of para-hydroxylation sites is 1. The highest BCUT2D eigenvalue weighted by molar-refractivity contribution is 5.98. The Morgan fingerprint density at radius 2 is 2.03 bits per heavy atom. The maximum atomic E-state index is 14.3. The van der Waals surface area contributed by atoms with Crippen LogP contribution in [0.1, 0.15) is 41.3 Å². The quantitative estimate of drug-likeness (QED) is 0.633. The zero-order valence-electron chi connectivity index (χ0n) is 18.9. The molecule has 1 saturated heterocycles. The van der Waals surface area contributed by atoms with E-state index in [2.05, 4.69) is 40.1 Å². The molecule has 1 amide bonds. The molecule has 6 heteroatoms.